The molecule has 6 heteroatoms. The van der Waals surface area contributed by atoms with Gasteiger partial charge in [0.2, 0.25) is 0 Å². The molecular weight excluding hydrogens is 340 g/mol. The van der Waals surface area contributed by atoms with E-state index in [1.54, 1.807) is 6.07 Å². The number of benzene rings is 2. The fourth-order valence-corrected chi connectivity index (χ4v) is 2.53. The highest BCUT2D eigenvalue weighted by molar-refractivity contribution is 6.31. The van der Waals surface area contributed by atoms with E-state index in [1.165, 1.54) is 17.7 Å². The van der Waals surface area contributed by atoms with Crippen molar-refractivity contribution in [3.8, 4) is 0 Å². The van der Waals surface area contributed by atoms with Crippen molar-refractivity contribution in [2.75, 3.05) is 12.3 Å². The van der Waals surface area contributed by atoms with Gasteiger partial charge in [0.25, 0.3) is 5.91 Å². The van der Waals surface area contributed by atoms with Crippen molar-refractivity contribution in [3.63, 3.8) is 0 Å². The number of halogens is 1. The van der Waals surface area contributed by atoms with Crippen LogP contribution in [0.4, 0.5) is 5.69 Å². The van der Waals surface area contributed by atoms with Gasteiger partial charge in [-0.1, -0.05) is 41.9 Å². The molecule has 2 aromatic carbocycles. The molecule has 0 saturated carbocycles. The largest absolute Gasteiger partial charge is 0.452 e. The van der Waals surface area contributed by atoms with Crippen LogP contribution in [-0.4, -0.2) is 24.5 Å². The Morgan fingerprint density at radius 2 is 1.92 bits per heavy atom. The standard InChI is InChI=1S/C19H21ClN2O3/c1-13(7-8-14-5-3-2-4-6-14)22-18(23)12-25-19(24)16-10-9-15(20)11-17(16)21/h2-6,9-11,13H,7-8,12,21H2,1H3,(H,22,23)/t13-/m0/s1. The summed E-state index contributed by atoms with van der Waals surface area (Å²) in [6, 6.07) is 14.5. The molecule has 0 saturated heterocycles. The topological polar surface area (TPSA) is 81.4 Å². The summed E-state index contributed by atoms with van der Waals surface area (Å²) in [5.41, 5.74) is 7.34. The molecule has 3 N–H and O–H groups in total. The van der Waals surface area contributed by atoms with E-state index in [9.17, 15) is 9.59 Å². The van der Waals surface area contributed by atoms with E-state index in [0.29, 0.717) is 5.02 Å². The fraction of sp³-hybridized carbons (Fsp3) is 0.263. The minimum atomic E-state index is -0.652. The predicted molar refractivity (Wildman–Crippen MR) is 98.5 cm³/mol. The normalized spacial score (nSPS) is 11.6. The second-order valence-electron chi connectivity index (χ2n) is 5.80. The Bertz CT molecular complexity index is 735. The Morgan fingerprint density at radius 1 is 1.20 bits per heavy atom. The molecular formula is C19H21ClN2O3. The van der Waals surface area contributed by atoms with Gasteiger partial charge in [-0.05, 0) is 43.5 Å². The van der Waals surface area contributed by atoms with Gasteiger partial charge < -0.3 is 15.8 Å². The van der Waals surface area contributed by atoms with Crippen molar-refractivity contribution < 1.29 is 14.3 Å². The van der Waals surface area contributed by atoms with Gasteiger partial charge in [0.1, 0.15) is 0 Å². The molecule has 0 aliphatic carbocycles. The van der Waals surface area contributed by atoms with E-state index in [4.69, 9.17) is 22.1 Å². The molecule has 2 rings (SSSR count). The first-order valence-electron chi connectivity index (χ1n) is 8.01. The molecule has 0 aliphatic rings. The van der Waals surface area contributed by atoms with E-state index in [-0.39, 0.29) is 29.8 Å². The van der Waals surface area contributed by atoms with Crippen LogP contribution >= 0.6 is 11.6 Å². The smallest absolute Gasteiger partial charge is 0.340 e. The number of ether oxygens (including phenoxy) is 1. The summed E-state index contributed by atoms with van der Waals surface area (Å²) >= 11 is 5.78. The minimum absolute atomic E-state index is 0.0213. The highest BCUT2D eigenvalue weighted by atomic mass is 35.5. The predicted octanol–water partition coefficient (Wildman–Crippen LogP) is 3.22. The molecule has 0 heterocycles. The molecule has 132 valence electrons. The molecule has 0 fully saturated rings. The minimum Gasteiger partial charge on any atom is -0.452 e. The number of nitrogens with two attached hydrogens (primary N) is 1. The van der Waals surface area contributed by atoms with Crippen LogP contribution in [-0.2, 0) is 16.0 Å². The molecule has 1 amide bonds. The number of amides is 1. The SMILES string of the molecule is C[C@@H](CCc1ccccc1)NC(=O)COC(=O)c1ccc(Cl)cc1N. The lowest BCUT2D eigenvalue weighted by Crippen LogP contribution is -2.36. The molecule has 0 aliphatic heterocycles. The third-order valence-corrected chi connectivity index (χ3v) is 3.92. The maximum absolute atomic E-state index is 12.0. The highest BCUT2D eigenvalue weighted by Crippen LogP contribution is 2.18. The number of carbonyl (C=O) groups is 2. The Balaban J connectivity index is 1.75. The zero-order chi connectivity index (χ0) is 18.2. The quantitative estimate of drug-likeness (QED) is 0.586. The number of aryl methyl sites for hydroxylation is 1. The van der Waals surface area contributed by atoms with Gasteiger partial charge in [0.05, 0.1) is 5.56 Å². The Morgan fingerprint density at radius 3 is 2.60 bits per heavy atom. The summed E-state index contributed by atoms with van der Waals surface area (Å²) in [5, 5.41) is 3.24. The van der Waals surface area contributed by atoms with Crippen LogP contribution in [0.5, 0.6) is 0 Å². The molecule has 5 nitrogen and oxygen atoms in total. The Kier molecular flexibility index (Phi) is 6.83. The summed E-state index contributed by atoms with van der Waals surface area (Å²) in [4.78, 5) is 23.9. The van der Waals surface area contributed by atoms with Crippen molar-refractivity contribution in [2.45, 2.75) is 25.8 Å². The summed E-state index contributed by atoms with van der Waals surface area (Å²) in [5.74, 6) is -0.997. The van der Waals surface area contributed by atoms with Gasteiger partial charge in [0.15, 0.2) is 6.61 Å². The number of hydrogen-bond donors (Lipinski definition) is 2. The van der Waals surface area contributed by atoms with Crippen LogP contribution in [0, 0.1) is 0 Å². The number of anilines is 1. The summed E-state index contributed by atoms with van der Waals surface area (Å²) in [6.07, 6.45) is 1.66. The summed E-state index contributed by atoms with van der Waals surface area (Å²) in [7, 11) is 0. The Hall–Kier alpha value is -2.53. The maximum atomic E-state index is 12.0. The number of carbonyl (C=O) groups excluding carboxylic acids is 2. The van der Waals surface area contributed by atoms with Crippen molar-refractivity contribution >= 4 is 29.2 Å². The maximum Gasteiger partial charge on any atom is 0.340 e. The number of nitrogens with one attached hydrogen (secondary N) is 1. The monoisotopic (exact) mass is 360 g/mol. The Labute approximate surface area is 152 Å². The second-order valence-corrected chi connectivity index (χ2v) is 6.24. The highest BCUT2D eigenvalue weighted by Gasteiger charge is 2.14. The van der Waals surface area contributed by atoms with Gasteiger partial charge in [-0.3, -0.25) is 4.79 Å². The number of esters is 1. The fourth-order valence-electron chi connectivity index (χ4n) is 2.34. The first-order chi connectivity index (χ1) is 12.0. The average Bonchev–Trinajstić information content (AvgIpc) is 2.59. The zero-order valence-corrected chi connectivity index (χ0v) is 14.8. The van der Waals surface area contributed by atoms with Gasteiger partial charge >= 0.3 is 5.97 Å². The van der Waals surface area contributed by atoms with Crippen LogP contribution in [0.15, 0.2) is 48.5 Å². The molecule has 0 bridgehead atoms. The van der Waals surface area contributed by atoms with Gasteiger partial charge in [-0.25, -0.2) is 4.79 Å². The number of rotatable bonds is 7. The molecule has 0 unspecified atom stereocenters. The van der Waals surface area contributed by atoms with E-state index in [2.05, 4.69) is 5.32 Å². The van der Waals surface area contributed by atoms with Crippen LogP contribution in [0.25, 0.3) is 0 Å². The number of nitrogen functional groups attached to an aromatic ring is 1. The van der Waals surface area contributed by atoms with Crippen LogP contribution in [0.2, 0.25) is 5.02 Å². The molecule has 1 atom stereocenters. The third-order valence-electron chi connectivity index (χ3n) is 3.68. The lowest BCUT2D eigenvalue weighted by Gasteiger charge is -2.14. The summed E-state index contributed by atoms with van der Waals surface area (Å²) in [6.45, 7) is 1.57. The van der Waals surface area contributed by atoms with Crippen LogP contribution in [0.1, 0.15) is 29.3 Å². The zero-order valence-electron chi connectivity index (χ0n) is 14.0. The third kappa shape index (κ3) is 6.12. The van der Waals surface area contributed by atoms with E-state index >= 15 is 0 Å². The van der Waals surface area contributed by atoms with Crippen LogP contribution in [0.3, 0.4) is 0 Å². The molecule has 0 spiro atoms. The lowest BCUT2D eigenvalue weighted by atomic mass is 10.1. The molecule has 25 heavy (non-hydrogen) atoms. The first-order valence-corrected chi connectivity index (χ1v) is 8.39. The molecule has 0 radical (unpaired) electrons. The van der Waals surface area contributed by atoms with Crippen molar-refractivity contribution in [1.29, 1.82) is 0 Å². The molecule has 0 aromatic heterocycles. The van der Waals surface area contributed by atoms with Crippen LogP contribution < -0.4 is 11.1 Å². The van der Waals surface area contributed by atoms with E-state index in [1.807, 2.05) is 37.3 Å². The first kappa shape index (κ1) is 18.8. The lowest BCUT2D eigenvalue weighted by molar-refractivity contribution is -0.124. The second kappa shape index (κ2) is 9.08. The van der Waals surface area contributed by atoms with Gasteiger partial charge in [-0.15, -0.1) is 0 Å². The van der Waals surface area contributed by atoms with Gasteiger partial charge in [0, 0.05) is 16.8 Å². The average molecular weight is 361 g/mol. The van der Waals surface area contributed by atoms with Crippen molar-refractivity contribution in [2.24, 2.45) is 0 Å². The molecule has 2 aromatic rings. The van der Waals surface area contributed by atoms with E-state index < -0.39 is 5.97 Å². The van der Waals surface area contributed by atoms with Crippen molar-refractivity contribution in [1.82, 2.24) is 5.32 Å². The summed E-state index contributed by atoms with van der Waals surface area (Å²) < 4.78 is 5.00. The van der Waals surface area contributed by atoms with E-state index in [0.717, 1.165) is 12.8 Å². The van der Waals surface area contributed by atoms with Gasteiger partial charge in [-0.2, -0.15) is 0 Å². The number of hydrogen-bond acceptors (Lipinski definition) is 4. The van der Waals surface area contributed by atoms with Crippen molar-refractivity contribution in [3.05, 3.63) is 64.7 Å².